The molecular formula is C75H68N4. The number of aliphatic imine (C=N–C) groups is 3. The summed E-state index contributed by atoms with van der Waals surface area (Å²) in [5.74, 6) is 0.906. The summed E-state index contributed by atoms with van der Waals surface area (Å²) >= 11 is 0. The number of hydrogen-bond acceptors (Lipinski definition) is 4. The molecule has 0 saturated heterocycles. The molecule has 4 nitrogen and oxygen atoms in total. The van der Waals surface area contributed by atoms with Crippen LogP contribution in [0.2, 0.25) is 0 Å². The Bertz CT molecular complexity index is 4080. The average molecular weight is 1030 g/mol. The van der Waals surface area contributed by atoms with Crippen LogP contribution in [-0.4, -0.2) is 19.3 Å². The van der Waals surface area contributed by atoms with Gasteiger partial charge in [0.1, 0.15) is 5.84 Å². The largest absolute Gasteiger partial charge is 0.319 e. The van der Waals surface area contributed by atoms with Gasteiger partial charge in [0.25, 0.3) is 0 Å². The third-order valence-electron chi connectivity index (χ3n) is 15.0. The van der Waals surface area contributed by atoms with E-state index < -0.39 is 0 Å². The van der Waals surface area contributed by atoms with Gasteiger partial charge >= 0.3 is 0 Å². The fraction of sp³-hybridized carbons (Fsp3) is 0.133. The fourth-order valence-electron chi connectivity index (χ4n) is 11.1. The Labute approximate surface area is 467 Å². The fourth-order valence-corrected chi connectivity index (χ4v) is 11.1. The molecule has 388 valence electrons. The highest BCUT2D eigenvalue weighted by Gasteiger charge is 2.28. The van der Waals surface area contributed by atoms with Gasteiger partial charge in [-0.15, -0.1) is 12.8 Å². The first-order valence-corrected chi connectivity index (χ1v) is 27.5. The molecule has 12 rings (SSSR count). The normalized spacial score (nSPS) is 11.7. The highest BCUT2D eigenvalue weighted by molar-refractivity contribution is 6.19. The smallest absolute Gasteiger partial charge is 0.141 e. The summed E-state index contributed by atoms with van der Waals surface area (Å²) in [6, 6.07) is 74.1. The number of para-hydroxylation sites is 1. The van der Waals surface area contributed by atoms with Gasteiger partial charge in [0.05, 0.1) is 29.3 Å². The van der Waals surface area contributed by atoms with Crippen molar-refractivity contribution >= 4 is 91.2 Å². The van der Waals surface area contributed by atoms with Crippen molar-refractivity contribution < 1.29 is 0 Å². The first-order valence-electron chi connectivity index (χ1n) is 27.5. The van der Waals surface area contributed by atoms with Crippen molar-refractivity contribution in [3.63, 3.8) is 0 Å². The molecule has 4 heteroatoms. The van der Waals surface area contributed by atoms with Gasteiger partial charge in [0.15, 0.2) is 0 Å². The van der Waals surface area contributed by atoms with E-state index in [1.165, 1.54) is 93.3 Å². The van der Waals surface area contributed by atoms with Crippen LogP contribution in [0.5, 0.6) is 0 Å². The van der Waals surface area contributed by atoms with Gasteiger partial charge in [-0.2, -0.15) is 0 Å². The Kier molecular flexibility index (Phi) is 17.3. The van der Waals surface area contributed by atoms with Crippen LogP contribution in [0.4, 0.5) is 22.7 Å². The number of hydrogen-bond donors (Lipinski definition) is 0. The average Bonchev–Trinajstić information content (AvgIpc) is 3.65. The molecule has 1 heterocycles. The molecule has 79 heavy (non-hydrogen) atoms. The lowest BCUT2D eigenvalue weighted by atomic mass is 9.90. The predicted octanol–water partition coefficient (Wildman–Crippen LogP) is 20.4. The molecule has 1 aliphatic heterocycles. The third-order valence-corrected chi connectivity index (χ3v) is 15.0. The summed E-state index contributed by atoms with van der Waals surface area (Å²) in [5, 5.41) is 9.83. The number of fused-ring (bicyclic) bond motifs is 6. The van der Waals surface area contributed by atoms with Gasteiger partial charge in [-0.05, 0) is 146 Å². The molecule has 11 aromatic carbocycles. The summed E-state index contributed by atoms with van der Waals surface area (Å²) in [7, 11) is 0. The molecule has 0 unspecified atom stereocenters. The maximum Gasteiger partial charge on any atom is 0.141 e. The van der Waals surface area contributed by atoms with Crippen molar-refractivity contribution in [3.05, 3.63) is 257 Å². The summed E-state index contributed by atoms with van der Waals surface area (Å²) in [6.45, 7) is 21.3. The number of terminal acetylenes is 1. The molecule has 0 spiro atoms. The Morgan fingerprint density at radius 1 is 0.519 bits per heavy atom. The van der Waals surface area contributed by atoms with Crippen LogP contribution < -0.4 is 4.90 Å². The van der Waals surface area contributed by atoms with Crippen molar-refractivity contribution in [1.82, 2.24) is 0 Å². The van der Waals surface area contributed by atoms with Gasteiger partial charge in [0, 0.05) is 28.3 Å². The van der Waals surface area contributed by atoms with Crippen LogP contribution in [0.15, 0.2) is 227 Å². The number of anilines is 1. The minimum absolute atomic E-state index is 0.680. The topological polar surface area (TPSA) is 40.3 Å². The molecule has 0 radical (unpaired) electrons. The lowest BCUT2D eigenvalue weighted by molar-refractivity contribution is 0.980. The molecule has 0 atom stereocenters. The van der Waals surface area contributed by atoms with Gasteiger partial charge < -0.3 is 4.90 Å². The minimum atomic E-state index is 0.680. The highest BCUT2D eigenvalue weighted by atomic mass is 15.2. The lowest BCUT2D eigenvalue weighted by Crippen LogP contribution is -2.34. The van der Waals surface area contributed by atoms with Crippen LogP contribution in [-0.2, 0) is 25.8 Å². The zero-order valence-electron chi connectivity index (χ0n) is 46.5. The SMILES string of the molecule is C#C.C=Nc1c(/C=C\C)c(CC)c2ccccc2c1N1Cc2ccccc2N=C1c1ccc(-c2ccc3cc(-c4ccc(CC)cc4)ccc3c2)cc1.C=Nc1c(Cc2ccccc2C)c2ccccc2c2ccccc12.CC. The van der Waals surface area contributed by atoms with E-state index >= 15 is 0 Å². The lowest BCUT2D eigenvalue weighted by Gasteiger charge is -2.33. The zero-order valence-corrected chi connectivity index (χ0v) is 46.5. The molecule has 0 amide bonds. The van der Waals surface area contributed by atoms with Crippen LogP contribution in [0.1, 0.15) is 79.1 Å². The first-order chi connectivity index (χ1) is 38.9. The summed E-state index contributed by atoms with van der Waals surface area (Å²) in [6.07, 6.45) is 15.1. The summed E-state index contributed by atoms with van der Waals surface area (Å²) in [4.78, 5) is 16.8. The Balaban J connectivity index is 0.000000225. The van der Waals surface area contributed by atoms with E-state index in [0.717, 1.165) is 64.4 Å². The standard InChI is InChI=1S/C48H41N3.C23H19N.C2H6.C2H2/c1-5-12-43-41(7-3)42-14-9-10-15-44(42)47(46(43)49-4)51-31-40-13-8-11-16-45(40)50-48(51)35-23-21-34(22-24-35)37-26-28-38-29-36(25-27-39(38)30-37)33-19-17-32(6-2)18-20-33;1-16-9-3-4-10-17(16)15-22-20-13-6-5-11-18(20)19-12-7-8-14-21(19)23(22)24-2;2*1-2/h5,8-30H,4,6-7,31H2,1-3H3;3-14H,2,15H2,1H3;1-2H3;1-2H/b12-5-;;;. The van der Waals surface area contributed by atoms with Crippen LogP contribution in [0.25, 0.3) is 71.4 Å². The minimum Gasteiger partial charge on any atom is -0.319 e. The third kappa shape index (κ3) is 11.0. The number of rotatable bonds is 11. The van der Waals surface area contributed by atoms with Gasteiger partial charge in [0.2, 0.25) is 0 Å². The van der Waals surface area contributed by atoms with E-state index in [-0.39, 0.29) is 0 Å². The molecule has 0 saturated carbocycles. The zero-order chi connectivity index (χ0) is 55.4. The number of aryl methyl sites for hydroxylation is 3. The predicted molar refractivity (Wildman–Crippen MR) is 346 cm³/mol. The van der Waals surface area contributed by atoms with E-state index in [2.05, 4.69) is 282 Å². The second-order valence-electron chi connectivity index (χ2n) is 19.4. The van der Waals surface area contributed by atoms with E-state index in [4.69, 9.17) is 9.98 Å². The Morgan fingerprint density at radius 3 is 1.59 bits per heavy atom. The molecule has 0 bridgehead atoms. The van der Waals surface area contributed by atoms with Gasteiger partial charge in [-0.25, -0.2) is 4.99 Å². The molecule has 1 aliphatic rings. The molecule has 0 aliphatic carbocycles. The molecule has 0 fully saturated rings. The molecule has 0 N–H and O–H groups in total. The molecule has 11 aromatic rings. The summed E-state index contributed by atoms with van der Waals surface area (Å²) < 4.78 is 0. The van der Waals surface area contributed by atoms with Crippen LogP contribution in [0.3, 0.4) is 0 Å². The van der Waals surface area contributed by atoms with Crippen molar-refractivity contribution in [3.8, 4) is 35.1 Å². The Morgan fingerprint density at radius 2 is 1.01 bits per heavy atom. The second-order valence-corrected chi connectivity index (χ2v) is 19.4. The van der Waals surface area contributed by atoms with Crippen LogP contribution in [0, 0.1) is 19.8 Å². The van der Waals surface area contributed by atoms with Gasteiger partial charge in [-0.1, -0.05) is 228 Å². The monoisotopic (exact) mass is 1020 g/mol. The van der Waals surface area contributed by atoms with Crippen molar-refractivity contribution in [2.24, 2.45) is 15.0 Å². The number of nitrogens with zero attached hydrogens (tertiary/aromatic N) is 4. The van der Waals surface area contributed by atoms with Crippen molar-refractivity contribution in [1.29, 1.82) is 0 Å². The highest BCUT2D eigenvalue weighted by Crippen LogP contribution is 2.46. The first kappa shape index (κ1) is 54.4. The van der Waals surface area contributed by atoms with Gasteiger partial charge in [-0.3, -0.25) is 9.98 Å². The maximum atomic E-state index is 5.32. The molecular weight excluding hydrogens is 957 g/mol. The Hall–Kier alpha value is -9.43. The van der Waals surface area contributed by atoms with Crippen molar-refractivity contribution in [2.45, 2.75) is 67.3 Å². The number of allylic oxidation sites excluding steroid dienone is 1. The quantitative estimate of drug-likeness (QED) is 0.0723. The van der Waals surface area contributed by atoms with Crippen molar-refractivity contribution in [2.75, 3.05) is 4.90 Å². The number of amidine groups is 1. The second kappa shape index (κ2) is 25.2. The van der Waals surface area contributed by atoms with E-state index in [1.54, 1.807) is 0 Å². The maximum absolute atomic E-state index is 5.32. The summed E-state index contributed by atoms with van der Waals surface area (Å²) in [5.41, 5.74) is 18.7. The number of benzene rings is 11. The van der Waals surface area contributed by atoms with E-state index in [0.29, 0.717) is 6.54 Å². The molecule has 0 aromatic heterocycles. The van der Waals surface area contributed by atoms with E-state index in [9.17, 15) is 0 Å². The van der Waals surface area contributed by atoms with E-state index in [1.807, 2.05) is 13.8 Å². The van der Waals surface area contributed by atoms with Crippen LogP contribution >= 0.6 is 0 Å².